The highest BCUT2D eigenvalue weighted by atomic mass is 32.2. The minimum Gasteiger partial charge on any atom is -0.243 e. The molecule has 2 aliphatic rings. The second-order valence-electron chi connectivity index (χ2n) is 5.53. The van der Waals surface area contributed by atoms with Crippen molar-refractivity contribution in [1.82, 2.24) is 14.3 Å². The van der Waals surface area contributed by atoms with Crippen LogP contribution in [0, 0.1) is 5.41 Å². The van der Waals surface area contributed by atoms with Crippen LogP contribution in [-0.2, 0) is 10.0 Å². The van der Waals surface area contributed by atoms with Crippen molar-refractivity contribution in [2.75, 3.05) is 6.54 Å². The second kappa shape index (κ2) is 3.99. The lowest BCUT2D eigenvalue weighted by atomic mass is 9.68. The van der Waals surface area contributed by atoms with E-state index in [1.807, 2.05) is 6.92 Å². The van der Waals surface area contributed by atoms with Crippen molar-refractivity contribution in [3.63, 3.8) is 0 Å². The summed E-state index contributed by atoms with van der Waals surface area (Å²) in [6.45, 7) is 2.65. The third-order valence-corrected chi connectivity index (χ3v) is 6.18. The van der Waals surface area contributed by atoms with E-state index in [4.69, 9.17) is 0 Å². The van der Waals surface area contributed by atoms with E-state index in [9.17, 15) is 8.42 Å². The summed E-state index contributed by atoms with van der Waals surface area (Å²) in [5, 5.41) is 0. The molecule has 1 aromatic rings. The zero-order valence-corrected chi connectivity index (χ0v) is 11.2. The Morgan fingerprint density at radius 2 is 2.00 bits per heavy atom. The van der Waals surface area contributed by atoms with E-state index < -0.39 is 10.0 Å². The molecule has 98 valence electrons. The summed E-state index contributed by atoms with van der Waals surface area (Å²) in [7, 11) is -3.43. The molecule has 1 spiro atoms. The van der Waals surface area contributed by atoms with E-state index >= 15 is 0 Å². The average molecular weight is 267 g/mol. The van der Waals surface area contributed by atoms with Gasteiger partial charge >= 0.3 is 0 Å². The van der Waals surface area contributed by atoms with Crippen LogP contribution in [-0.4, -0.2) is 35.3 Å². The fraction of sp³-hybridized carbons (Fsp3) is 0.667. The number of hydrogen-bond donors (Lipinski definition) is 0. The van der Waals surface area contributed by atoms with Gasteiger partial charge in [-0.05, 0) is 31.6 Å². The number of aromatic nitrogens is 2. The maximum atomic E-state index is 12.5. The minimum atomic E-state index is -3.43. The van der Waals surface area contributed by atoms with Crippen LogP contribution in [0.1, 0.15) is 32.6 Å². The fourth-order valence-electron chi connectivity index (χ4n) is 3.19. The highest BCUT2D eigenvalue weighted by molar-refractivity contribution is 7.89. The first-order valence-corrected chi connectivity index (χ1v) is 7.74. The van der Waals surface area contributed by atoms with Crippen LogP contribution in [0.4, 0.5) is 0 Å². The lowest BCUT2D eigenvalue weighted by molar-refractivity contribution is 0.152. The molecule has 0 bridgehead atoms. The van der Waals surface area contributed by atoms with Gasteiger partial charge in [-0.2, -0.15) is 4.31 Å². The summed E-state index contributed by atoms with van der Waals surface area (Å²) in [4.78, 5) is 7.80. The van der Waals surface area contributed by atoms with E-state index in [2.05, 4.69) is 9.97 Å². The summed E-state index contributed by atoms with van der Waals surface area (Å²) < 4.78 is 26.7. The highest BCUT2D eigenvalue weighted by Crippen LogP contribution is 2.51. The molecule has 2 heterocycles. The van der Waals surface area contributed by atoms with Crippen molar-refractivity contribution < 1.29 is 8.42 Å². The summed E-state index contributed by atoms with van der Waals surface area (Å²) >= 11 is 0. The van der Waals surface area contributed by atoms with E-state index in [0.29, 0.717) is 6.54 Å². The summed E-state index contributed by atoms with van der Waals surface area (Å²) in [5.41, 5.74) is 0.252. The largest absolute Gasteiger partial charge is 0.246 e. The van der Waals surface area contributed by atoms with Gasteiger partial charge in [-0.15, -0.1) is 0 Å². The Morgan fingerprint density at radius 3 is 2.50 bits per heavy atom. The van der Waals surface area contributed by atoms with E-state index in [1.165, 1.54) is 25.1 Å². The molecule has 1 aliphatic heterocycles. The zero-order valence-electron chi connectivity index (χ0n) is 10.4. The Labute approximate surface area is 107 Å². The van der Waals surface area contributed by atoms with Gasteiger partial charge < -0.3 is 0 Å². The smallest absolute Gasteiger partial charge is 0.243 e. The molecule has 1 atom stereocenters. The van der Waals surface area contributed by atoms with Crippen LogP contribution in [0.2, 0.25) is 0 Å². The molecule has 0 radical (unpaired) electrons. The molecule has 3 rings (SSSR count). The van der Waals surface area contributed by atoms with Crippen LogP contribution in [0.25, 0.3) is 0 Å². The molecule has 1 saturated carbocycles. The van der Waals surface area contributed by atoms with Crippen molar-refractivity contribution in [2.45, 2.75) is 43.5 Å². The highest BCUT2D eigenvalue weighted by Gasteiger charge is 2.49. The fourth-order valence-corrected chi connectivity index (χ4v) is 4.85. The summed E-state index contributed by atoms with van der Waals surface area (Å²) in [6.07, 6.45) is 8.64. The van der Waals surface area contributed by atoms with Crippen molar-refractivity contribution in [2.24, 2.45) is 5.41 Å². The molecular weight excluding hydrogens is 250 g/mol. The maximum absolute atomic E-state index is 12.5. The van der Waals surface area contributed by atoms with Crippen molar-refractivity contribution >= 4 is 10.0 Å². The monoisotopic (exact) mass is 267 g/mol. The lowest BCUT2D eigenvalue weighted by Crippen LogP contribution is -2.37. The minimum absolute atomic E-state index is 0.0792. The van der Waals surface area contributed by atoms with Gasteiger partial charge in [0, 0.05) is 12.6 Å². The van der Waals surface area contributed by atoms with Gasteiger partial charge in [-0.3, -0.25) is 0 Å². The summed E-state index contributed by atoms with van der Waals surface area (Å²) in [6, 6.07) is 0.0792. The number of nitrogens with zero attached hydrogens (tertiary/aromatic N) is 3. The Bertz CT molecular complexity index is 540. The summed E-state index contributed by atoms with van der Waals surface area (Å²) in [5.74, 6) is 0. The molecule has 0 amide bonds. The molecule has 0 aromatic carbocycles. The molecule has 0 N–H and O–H groups in total. The van der Waals surface area contributed by atoms with Crippen LogP contribution < -0.4 is 0 Å². The van der Waals surface area contributed by atoms with Crippen LogP contribution >= 0.6 is 0 Å². The molecule has 1 aromatic heterocycles. The maximum Gasteiger partial charge on any atom is 0.246 e. The Kier molecular flexibility index (Phi) is 2.67. The van der Waals surface area contributed by atoms with Gasteiger partial charge in [-0.1, -0.05) is 6.42 Å². The van der Waals surface area contributed by atoms with Gasteiger partial charge in [0.05, 0.1) is 12.4 Å². The van der Waals surface area contributed by atoms with Crippen LogP contribution in [0.3, 0.4) is 0 Å². The van der Waals surface area contributed by atoms with Gasteiger partial charge in [-0.25, -0.2) is 18.4 Å². The first-order valence-electron chi connectivity index (χ1n) is 6.30. The molecule has 6 heteroatoms. The number of sulfonamides is 1. The Hall–Kier alpha value is -1.01. The third-order valence-electron chi connectivity index (χ3n) is 4.27. The number of rotatable bonds is 2. The Morgan fingerprint density at radius 1 is 1.33 bits per heavy atom. The van der Waals surface area contributed by atoms with E-state index in [-0.39, 0.29) is 16.4 Å². The molecule has 1 aliphatic carbocycles. The second-order valence-corrected chi connectivity index (χ2v) is 7.42. The van der Waals surface area contributed by atoms with Crippen molar-refractivity contribution in [3.05, 3.63) is 18.7 Å². The van der Waals surface area contributed by atoms with Gasteiger partial charge in [0.15, 0.2) is 0 Å². The molecule has 2 fully saturated rings. The first-order chi connectivity index (χ1) is 8.54. The zero-order chi connectivity index (χ0) is 12.8. The van der Waals surface area contributed by atoms with Crippen LogP contribution in [0.5, 0.6) is 0 Å². The Balaban J connectivity index is 1.91. The van der Waals surface area contributed by atoms with Gasteiger partial charge in [0.1, 0.15) is 11.2 Å². The van der Waals surface area contributed by atoms with Gasteiger partial charge in [0.2, 0.25) is 10.0 Å². The normalized spacial score (nSPS) is 27.3. The van der Waals surface area contributed by atoms with Crippen molar-refractivity contribution in [1.29, 1.82) is 0 Å². The third kappa shape index (κ3) is 1.75. The predicted octanol–water partition coefficient (Wildman–Crippen LogP) is 1.43. The van der Waals surface area contributed by atoms with E-state index in [0.717, 1.165) is 19.3 Å². The molecule has 1 unspecified atom stereocenters. The van der Waals surface area contributed by atoms with Gasteiger partial charge in [0.25, 0.3) is 0 Å². The van der Waals surface area contributed by atoms with E-state index in [1.54, 1.807) is 4.31 Å². The predicted molar refractivity (Wildman–Crippen MR) is 66.3 cm³/mol. The standard InChI is InChI=1S/C12H17N3O2S/c1-10-5-12(3-2-4-12)8-15(10)18(16,17)11-6-13-9-14-7-11/h6-7,9-10H,2-5,8H2,1H3. The molecule has 18 heavy (non-hydrogen) atoms. The average Bonchev–Trinajstić information content (AvgIpc) is 2.69. The van der Waals surface area contributed by atoms with Crippen molar-refractivity contribution in [3.8, 4) is 0 Å². The molecule has 1 saturated heterocycles. The topological polar surface area (TPSA) is 63.2 Å². The first kappa shape index (κ1) is 12.0. The lowest BCUT2D eigenvalue weighted by Gasteiger charge is -2.37. The molecular formula is C12H17N3O2S. The SMILES string of the molecule is CC1CC2(CCC2)CN1S(=O)(=O)c1cncnc1. The molecule has 5 nitrogen and oxygen atoms in total. The quantitative estimate of drug-likeness (QED) is 0.813. The van der Waals surface area contributed by atoms with Crippen LogP contribution in [0.15, 0.2) is 23.6 Å². The number of hydrogen-bond acceptors (Lipinski definition) is 4.